The van der Waals surface area contributed by atoms with E-state index in [0.717, 1.165) is 44.4 Å². The molecule has 1 heterocycles. The van der Waals surface area contributed by atoms with Crippen molar-refractivity contribution in [1.82, 2.24) is 4.90 Å². The molecule has 128 valence electrons. The zero-order chi connectivity index (χ0) is 16.3. The molecule has 1 aliphatic carbocycles. The Morgan fingerprint density at radius 2 is 1.70 bits per heavy atom. The Hall–Kier alpha value is -1.26. The predicted octanol–water partition coefficient (Wildman–Crippen LogP) is 2.72. The summed E-state index contributed by atoms with van der Waals surface area (Å²) in [6.07, 6.45) is 5.20. The van der Waals surface area contributed by atoms with Gasteiger partial charge in [0, 0.05) is 44.0 Å². The third-order valence-corrected chi connectivity index (χ3v) is 5.97. The van der Waals surface area contributed by atoms with Crippen molar-refractivity contribution in [3.05, 3.63) is 24.3 Å². The summed E-state index contributed by atoms with van der Waals surface area (Å²) in [6, 6.07) is 8.42. The molecule has 0 atom stereocenters. The fourth-order valence-electron chi connectivity index (χ4n) is 4.18. The number of ether oxygens (including phenoxy) is 1. The maximum atomic E-state index is 6.22. The summed E-state index contributed by atoms with van der Waals surface area (Å²) in [7, 11) is 1.71. The highest BCUT2D eigenvalue weighted by Crippen LogP contribution is 2.36. The van der Waals surface area contributed by atoms with E-state index in [-0.39, 0.29) is 5.54 Å². The Balaban J connectivity index is 1.60. The van der Waals surface area contributed by atoms with E-state index in [9.17, 15) is 0 Å². The van der Waals surface area contributed by atoms with Gasteiger partial charge in [-0.1, -0.05) is 6.92 Å². The molecule has 2 aliphatic rings. The van der Waals surface area contributed by atoms with Crippen molar-refractivity contribution in [3.63, 3.8) is 0 Å². The SMILES string of the molecule is COc1ccc(N2CCN(C3(CN)CCC(C)CC3)CC2)cc1. The number of anilines is 1. The Labute approximate surface area is 140 Å². The van der Waals surface area contributed by atoms with Crippen molar-refractivity contribution in [1.29, 1.82) is 0 Å². The van der Waals surface area contributed by atoms with Crippen molar-refractivity contribution in [2.24, 2.45) is 11.7 Å². The molecule has 0 radical (unpaired) electrons. The summed E-state index contributed by atoms with van der Waals surface area (Å²) in [5.74, 6) is 1.79. The van der Waals surface area contributed by atoms with Crippen LogP contribution in [0.1, 0.15) is 32.6 Å². The lowest BCUT2D eigenvalue weighted by molar-refractivity contribution is 0.0401. The van der Waals surface area contributed by atoms with Crippen LogP contribution in [0.3, 0.4) is 0 Å². The van der Waals surface area contributed by atoms with Gasteiger partial charge in [-0.2, -0.15) is 0 Å². The van der Waals surface area contributed by atoms with Crippen LogP contribution in [0.2, 0.25) is 0 Å². The van der Waals surface area contributed by atoms with Crippen molar-refractivity contribution in [3.8, 4) is 5.75 Å². The van der Waals surface area contributed by atoms with Crippen LogP contribution in [0.4, 0.5) is 5.69 Å². The standard InChI is InChI=1S/C19H31N3O/c1-16-7-9-19(15-20,10-8-16)22-13-11-21(12-14-22)17-3-5-18(23-2)6-4-17/h3-6,16H,7-15,20H2,1-2H3. The second kappa shape index (κ2) is 7.10. The molecule has 2 N–H and O–H groups in total. The monoisotopic (exact) mass is 317 g/mol. The van der Waals surface area contributed by atoms with Crippen LogP contribution >= 0.6 is 0 Å². The van der Waals surface area contributed by atoms with Gasteiger partial charge in [-0.25, -0.2) is 0 Å². The molecule has 4 nitrogen and oxygen atoms in total. The van der Waals surface area contributed by atoms with E-state index in [0.29, 0.717) is 0 Å². The molecule has 0 aromatic heterocycles. The fraction of sp³-hybridized carbons (Fsp3) is 0.684. The number of benzene rings is 1. The summed E-state index contributed by atoms with van der Waals surface area (Å²) in [6.45, 7) is 7.60. The summed E-state index contributed by atoms with van der Waals surface area (Å²) in [5.41, 5.74) is 7.78. The molecule has 23 heavy (non-hydrogen) atoms. The topological polar surface area (TPSA) is 41.7 Å². The van der Waals surface area contributed by atoms with Crippen molar-refractivity contribution in [2.45, 2.75) is 38.1 Å². The van der Waals surface area contributed by atoms with Crippen LogP contribution in [0, 0.1) is 5.92 Å². The van der Waals surface area contributed by atoms with Crippen LogP contribution in [0.15, 0.2) is 24.3 Å². The number of hydrogen-bond acceptors (Lipinski definition) is 4. The van der Waals surface area contributed by atoms with Gasteiger partial charge >= 0.3 is 0 Å². The third-order valence-electron chi connectivity index (χ3n) is 5.97. The number of hydrogen-bond donors (Lipinski definition) is 1. The Morgan fingerprint density at radius 1 is 1.09 bits per heavy atom. The van der Waals surface area contributed by atoms with E-state index in [1.165, 1.54) is 31.4 Å². The zero-order valence-electron chi connectivity index (χ0n) is 14.6. The molecule has 0 bridgehead atoms. The number of nitrogens with two attached hydrogens (primary N) is 1. The average Bonchev–Trinajstić information content (AvgIpc) is 2.63. The van der Waals surface area contributed by atoms with E-state index in [1.54, 1.807) is 7.11 Å². The molecule has 0 spiro atoms. The largest absolute Gasteiger partial charge is 0.497 e. The predicted molar refractivity (Wildman–Crippen MR) is 96.2 cm³/mol. The molecule has 4 heteroatoms. The lowest BCUT2D eigenvalue weighted by atomic mass is 9.75. The lowest BCUT2D eigenvalue weighted by Gasteiger charge is -2.50. The first-order chi connectivity index (χ1) is 11.2. The first kappa shape index (κ1) is 16.6. The van der Waals surface area contributed by atoms with E-state index in [4.69, 9.17) is 10.5 Å². The number of rotatable bonds is 4. The van der Waals surface area contributed by atoms with E-state index in [2.05, 4.69) is 28.9 Å². The highest BCUT2D eigenvalue weighted by molar-refractivity contribution is 5.49. The quantitative estimate of drug-likeness (QED) is 0.927. The van der Waals surface area contributed by atoms with Gasteiger partial charge in [-0.05, 0) is 55.9 Å². The minimum Gasteiger partial charge on any atom is -0.497 e. The Kier molecular flexibility index (Phi) is 5.12. The highest BCUT2D eigenvalue weighted by Gasteiger charge is 2.39. The second-order valence-electron chi connectivity index (χ2n) is 7.28. The smallest absolute Gasteiger partial charge is 0.119 e. The van der Waals surface area contributed by atoms with Crippen LogP contribution in [0.5, 0.6) is 5.75 Å². The van der Waals surface area contributed by atoms with Crippen molar-refractivity contribution in [2.75, 3.05) is 44.7 Å². The molecule has 0 amide bonds. The normalized spacial score (nSPS) is 29.5. The maximum Gasteiger partial charge on any atom is 0.119 e. The van der Waals surface area contributed by atoms with Gasteiger partial charge in [0.2, 0.25) is 0 Å². The second-order valence-corrected chi connectivity index (χ2v) is 7.28. The summed E-state index contributed by atoms with van der Waals surface area (Å²) in [4.78, 5) is 5.16. The number of piperazine rings is 1. The zero-order valence-corrected chi connectivity index (χ0v) is 14.6. The minimum atomic E-state index is 0.262. The number of nitrogens with zero attached hydrogens (tertiary/aromatic N) is 2. The van der Waals surface area contributed by atoms with Gasteiger partial charge in [0.05, 0.1) is 7.11 Å². The van der Waals surface area contributed by atoms with Gasteiger partial charge < -0.3 is 15.4 Å². The van der Waals surface area contributed by atoms with E-state index >= 15 is 0 Å². The lowest BCUT2D eigenvalue weighted by Crippen LogP contribution is -2.61. The summed E-state index contributed by atoms with van der Waals surface area (Å²) < 4.78 is 5.25. The molecule has 0 unspecified atom stereocenters. The van der Waals surface area contributed by atoms with Crippen LogP contribution in [0.25, 0.3) is 0 Å². The van der Waals surface area contributed by atoms with Crippen LogP contribution in [-0.2, 0) is 0 Å². The van der Waals surface area contributed by atoms with Crippen LogP contribution < -0.4 is 15.4 Å². The van der Waals surface area contributed by atoms with E-state index < -0.39 is 0 Å². The Morgan fingerprint density at radius 3 is 2.22 bits per heavy atom. The molecule has 1 aromatic carbocycles. The third kappa shape index (κ3) is 3.48. The minimum absolute atomic E-state index is 0.262. The molecule has 3 rings (SSSR count). The van der Waals surface area contributed by atoms with Crippen LogP contribution in [-0.4, -0.2) is 50.3 Å². The fourth-order valence-corrected chi connectivity index (χ4v) is 4.18. The number of methoxy groups -OCH3 is 1. The first-order valence-electron chi connectivity index (χ1n) is 9.01. The summed E-state index contributed by atoms with van der Waals surface area (Å²) in [5, 5.41) is 0. The maximum absolute atomic E-state index is 6.22. The van der Waals surface area contributed by atoms with Gasteiger partial charge in [0.15, 0.2) is 0 Å². The van der Waals surface area contributed by atoms with Gasteiger partial charge in [-0.3, -0.25) is 4.90 Å². The molecule has 1 saturated carbocycles. The average molecular weight is 317 g/mol. The molecular weight excluding hydrogens is 286 g/mol. The first-order valence-corrected chi connectivity index (χ1v) is 9.01. The molecule has 1 aromatic rings. The Bertz CT molecular complexity index is 486. The van der Waals surface area contributed by atoms with Gasteiger partial charge in [-0.15, -0.1) is 0 Å². The highest BCUT2D eigenvalue weighted by atomic mass is 16.5. The van der Waals surface area contributed by atoms with Gasteiger partial charge in [0.25, 0.3) is 0 Å². The van der Waals surface area contributed by atoms with Crippen molar-refractivity contribution < 1.29 is 4.74 Å². The molecule has 1 aliphatic heterocycles. The van der Waals surface area contributed by atoms with Gasteiger partial charge in [0.1, 0.15) is 5.75 Å². The molecular formula is C19H31N3O. The van der Waals surface area contributed by atoms with Crippen molar-refractivity contribution >= 4 is 5.69 Å². The van der Waals surface area contributed by atoms with E-state index in [1.807, 2.05) is 12.1 Å². The molecule has 2 fully saturated rings. The molecule has 1 saturated heterocycles. The summed E-state index contributed by atoms with van der Waals surface area (Å²) >= 11 is 0.